The fourth-order valence-electron chi connectivity index (χ4n) is 2.03. The van der Waals surface area contributed by atoms with Crippen LogP contribution >= 0.6 is 0 Å². The van der Waals surface area contributed by atoms with E-state index in [-0.39, 0.29) is 0 Å². The van der Waals surface area contributed by atoms with E-state index in [1.54, 1.807) is 0 Å². The monoisotopic (exact) mass is 166 g/mol. The van der Waals surface area contributed by atoms with Gasteiger partial charge < -0.3 is 0 Å². The van der Waals surface area contributed by atoms with Gasteiger partial charge in [0.1, 0.15) is 0 Å². The van der Waals surface area contributed by atoms with Crippen LogP contribution in [0.15, 0.2) is 12.2 Å². The predicted octanol–water partition coefficient (Wildman–Crippen LogP) is 4.17. The molecular formula is C12H22. The second-order valence-electron chi connectivity index (χ2n) is 5.04. The lowest BCUT2D eigenvalue weighted by molar-refractivity contribution is 0.208. The van der Waals surface area contributed by atoms with Crippen molar-refractivity contribution in [2.45, 2.75) is 52.9 Å². The molecule has 0 aromatic heterocycles. The molecule has 0 saturated heterocycles. The average molecular weight is 166 g/mol. The molecule has 1 aliphatic carbocycles. The van der Waals surface area contributed by atoms with Crippen LogP contribution in [0.5, 0.6) is 0 Å². The maximum Gasteiger partial charge on any atom is -0.0348 e. The van der Waals surface area contributed by atoms with Crippen LogP contribution in [0, 0.1) is 11.3 Å². The van der Waals surface area contributed by atoms with Crippen LogP contribution in [0.1, 0.15) is 52.9 Å². The predicted molar refractivity (Wildman–Crippen MR) is 55.2 cm³/mol. The Morgan fingerprint density at radius 2 is 1.67 bits per heavy atom. The molecule has 0 saturated carbocycles. The van der Waals surface area contributed by atoms with E-state index in [0.29, 0.717) is 5.41 Å². The van der Waals surface area contributed by atoms with Crippen molar-refractivity contribution >= 4 is 0 Å². The lowest BCUT2D eigenvalue weighted by atomic mass is 9.75. The lowest BCUT2D eigenvalue weighted by Gasteiger charge is -2.31. The largest absolute Gasteiger partial charge is 0.0885 e. The molecule has 0 N–H and O–H groups in total. The molecule has 1 atom stereocenters. The van der Waals surface area contributed by atoms with Crippen LogP contribution < -0.4 is 0 Å². The van der Waals surface area contributed by atoms with Gasteiger partial charge in [-0.05, 0) is 43.4 Å². The summed E-state index contributed by atoms with van der Waals surface area (Å²) in [6.45, 7) is 7.13. The second kappa shape index (κ2) is 4.11. The van der Waals surface area contributed by atoms with Crippen molar-refractivity contribution in [3.05, 3.63) is 12.2 Å². The van der Waals surface area contributed by atoms with Crippen LogP contribution in [0.4, 0.5) is 0 Å². The SMILES string of the molecule is CC(C)(C)C1CC/C=C/CCC1. The van der Waals surface area contributed by atoms with E-state index in [0.717, 1.165) is 5.92 Å². The Bertz CT molecular complexity index is 148. The Labute approximate surface area is 77.1 Å². The minimum Gasteiger partial charge on any atom is -0.0885 e. The van der Waals surface area contributed by atoms with Crippen LogP contribution in [-0.2, 0) is 0 Å². The molecule has 1 aliphatic rings. The van der Waals surface area contributed by atoms with E-state index in [2.05, 4.69) is 32.9 Å². The van der Waals surface area contributed by atoms with Crippen molar-refractivity contribution in [1.82, 2.24) is 0 Å². The first-order chi connectivity index (χ1) is 5.61. The Kier molecular flexibility index (Phi) is 3.37. The third-order valence-corrected chi connectivity index (χ3v) is 3.00. The molecule has 1 unspecified atom stereocenters. The minimum absolute atomic E-state index is 0.519. The van der Waals surface area contributed by atoms with Crippen molar-refractivity contribution in [2.75, 3.05) is 0 Å². The molecule has 0 fully saturated rings. The van der Waals surface area contributed by atoms with E-state index >= 15 is 0 Å². The van der Waals surface area contributed by atoms with E-state index < -0.39 is 0 Å². The summed E-state index contributed by atoms with van der Waals surface area (Å²) in [5.41, 5.74) is 0.519. The van der Waals surface area contributed by atoms with Gasteiger partial charge in [0.05, 0.1) is 0 Å². The standard InChI is InChI=1S/C12H22/c1-12(2,3)11-9-7-5-4-6-8-10-11/h4-5,11H,6-10H2,1-3H3/b5-4+. The zero-order valence-corrected chi connectivity index (χ0v) is 8.77. The molecule has 0 aromatic carbocycles. The molecule has 0 nitrogen and oxygen atoms in total. The highest BCUT2D eigenvalue weighted by Crippen LogP contribution is 2.34. The quantitative estimate of drug-likeness (QED) is 0.474. The smallest absolute Gasteiger partial charge is 0.0348 e. The molecule has 70 valence electrons. The van der Waals surface area contributed by atoms with Gasteiger partial charge in [-0.15, -0.1) is 0 Å². The van der Waals surface area contributed by atoms with Gasteiger partial charge in [-0.3, -0.25) is 0 Å². The summed E-state index contributed by atoms with van der Waals surface area (Å²) >= 11 is 0. The highest BCUT2D eigenvalue weighted by atomic mass is 14.3. The molecule has 0 bridgehead atoms. The average Bonchev–Trinajstić information content (AvgIpc) is 1.81. The highest BCUT2D eigenvalue weighted by molar-refractivity contribution is 4.87. The fourth-order valence-corrected chi connectivity index (χ4v) is 2.03. The third kappa shape index (κ3) is 3.00. The maximum absolute atomic E-state index is 2.38. The van der Waals surface area contributed by atoms with Gasteiger partial charge in [-0.25, -0.2) is 0 Å². The van der Waals surface area contributed by atoms with Crippen LogP contribution in [0.25, 0.3) is 0 Å². The molecular weight excluding hydrogens is 144 g/mol. The zero-order valence-electron chi connectivity index (χ0n) is 8.77. The maximum atomic E-state index is 2.38. The normalized spacial score (nSPS) is 29.1. The molecule has 0 heteroatoms. The number of allylic oxidation sites excluding steroid dienone is 2. The summed E-state index contributed by atoms with van der Waals surface area (Å²) in [5, 5.41) is 0. The number of hydrogen-bond donors (Lipinski definition) is 0. The van der Waals surface area contributed by atoms with Crippen LogP contribution in [-0.4, -0.2) is 0 Å². The molecule has 0 spiro atoms. The molecule has 12 heavy (non-hydrogen) atoms. The topological polar surface area (TPSA) is 0 Å². The number of hydrogen-bond acceptors (Lipinski definition) is 0. The summed E-state index contributed by atoms with van der Waals surface area (Å²) < 4.78 is 0. The molecule has 0 amide bonds. The van der Waals surface area contributed by atoms with Gasteiger partial charge in [-0.2, -0.15) is 0 Å². The summed E-state index contributed by atoms with van der Waals surface area (Å²) in [6.07, 6.45) is 11.5. The molecule has 0 heterocycles. The summed E-state index contributed by atoms with van der Waals surface area (Å²) in [7, 11) is 0. The molecule has 0 aliphatic heterocycles. The van der Waals surface area contributed by atoms with Crippen molar-refractivity contribution in [3.63, 3.8) is 0 Å². The van der Waals surface area contributed by atoms with Crippen molar-refractivity contribution in [2.24, 2.45) is 11.3 Å². The van der Waals surface area contributed by atoms with Crippen molar-refractivity contribution < 1.29 is 0 Å². The minimum atomic E-state index is 0.519. The first-order valence-electron chi connectivity index (χ1n) is 5.26. The summed E-state index contributed by atoms with van der Waals surface area (Å²) in [6, 6.07) is 0. The molecule has 0 radical (unpaired) electrons. The Hall–Kier alpha value is -0.260. The number of rotatable bonds is 0. The molecule has 1 rings (SSSR count). The Balaban J connectivity index is 2.48. The zero-order chi connectivity index (χ0) is 9.03. The third-order valence-electron chi connectivity index (χ3n) is 3.00. The summed E-state index contributed by atoms with van der Waals surface area (Å²) in [4.78, 5) is 0. The fraction of sp³-hybridized carbons (Fsp3) is 0.833. The van der Waals surface area contributed by atoms with Gasteiger partial charge in [0, 0.05) is 0 Å². The van der Waals surface area contributed by atoms with Crippen LogP contribution in [0.3, 0.4) is 0 Å². The lowest BCUT2D eigenvalue weighted by Crippen LogP contribution is -2.20. The van der Waals surface area contributed by atoms with Crippen LogP contribution in [0.2, 0.25) is 0 Å². The van der Waals surface area contributed by atoms with E-state index in [9.17, 15) is 0 Å². The molecule has 0 aromatic rings. The van der Waals surface area contributed by atoms with Gasteiger partial charge in [0.15, 0.2) is 0 Å². The van der Waals surface area contributed by atoms with Gasteiger partial charge in [0.25, 0.3) is 0 Å². The Morgan fingerprint density at radius 3 is 2.33 bits per heavy atom. The van der Waals surface area contributed by atoms with E-state index in [1.165, 1.54) is 32.1 Å². The van der Waals surface area contributed by atoms with E-state index in [1.807, 2.05) is 0 Å². The van der Waals surface area contributed by atoms with Gasteiger partial charge >= 0.3 is 0 Å². The van der Waals surface area contributed by atoms with Gasteiger partial charge in [-0.1, -0.05) is 32.9 Å². The second-order valence-corrected chi connectivity index (χ2v) is 5.04. The Morgan fingerprint density at radius 1 is 1.00 bits per heavy atom. The first kappa shape index (κ1) is 9.83. The van der Waals surface area contributed by atoms with Crippen molar-refractivity contribution in [3.8, 4) is 0 Å². The summed E-state index contributed by atoms with van der Waals surface area (Å²) in [5.74, 6) is 0.933. The first-order valence-corrected chi connectivity index (χ1v) is 5.26. The highest BCUT2D eigenvalue weighted by Gasteiger charge is 2.23. The van der Waals surface area contributed by atoms with E-state index in [4.69, 9.17) is 0 Å². The van der Waals surface area contributed by atoms with Gasteiger partial charge in [0.2, 0.25) is 0 Å². The van der Waals surface area contributed by atoms with Crippen molar-refractivity contribution in [1.29, 1.82) is 0 Å².